The van der Waals surface area contributed by atoms with Gasteiger partial charge in [-0.05, 0) is 31.6 Å². The van der Waals surface area contributed by atoms with Crippen molar-refractivity contribution in [3.05, 3.63) is 0 Å². The number of halogens is 1. The Morgan fingerprint density at radius 1 is 1.22 bits per heavy atom. The average molecular weight is 318 g/mol. The Kier molecular flexibility index (Phi) is 8.74. The quantitative estimate of drug-likeness (QED) is 0.551. The van der Waals surface area contributed by atoms with Crippen LogP contribution in [0.3, 0.4) is 0 Å². The summed E-state index contributed by atoms with van der Waals surface area (Å²) >= 11 is 3.50. The molecule has 106 valence electrons. The van der Waals surface area contributed by atoms with Crippen LogP contribution in [-0.2, 0) is 4.79 Å². The van der Waals surface area contributed by atoms with Gasteiger partial charge in [0.05, 0.1) is 0 Å². The summed E-state index contributed by atoms with van der Waals surface area (Å²) in [5, 5.41) is 4.23. The molecule has 3 heteroatoms. The fourth-order valence-corrected chi connectivity index (χ4v) is 3.49. The number of amides is 1. The highest BCUT2D eigenvalue weighted by Crippen LogP contribution is 2.23. The lowest BCUT2D eigenvalue weighted by molar-refractivity contribution is -0.125. The van der Waals surface area contributed by atoms with Crippen molar-refractivity contribution in [1.82, 2.24) is 5.32 Å². The second-order valence-corrected chi connectivity index (χ2v) is 6.36. The van der Waals surface area contributed by atoms with E-state index >= 15 is 0 Å². The highest BCUT2D eigenvalue weighted by molar-refractivity contribution is 9.09. The van der Waals surface area contributed by atoms with Crippen LogP contribution in [0.4, 0.5) is 0 Å². The van der Waals surface area contributed by atoms with E-state index in [-0.39, 0.29) is 0 Å². The fraction of sp³-hybridized carbons (Fsp3) is 0.933. The third-order valence-corrected chi connectivity index (χ3v) is 4.46. The summed E-state index contributed by atoms with van der Waals surface area (Å²) in [7, 11) is 0. The molecule has 1 rings (SSSR count). The summed E-state index contributed by atoms with van der Waals surface area (Å²) in [5.41, 5.74) is 0. The zero-order valence-electron chi connectivity index (χ0n) is 11.7. The lowest BCUT2D eigenvalue weighted by Gasteiger charge is -2.19. The van der Waals surface area contributed by atoms with Gasteiger partial charge in [-0.25, -0.2) is 0 Å². The monoisotopic (exact) mass is 317 g/mol. The number of hydrogen-bond acceptors (Lipinski definition) is 1. The lowest BCUT2D eigenvalue weighted by Crippen LogP contribution is -2.34. The highest BCUT2D eigenvalue weighted by atomic mass is 79.9. The molecule has 18 heavy (non-hydrogen) atoms. The molecular formula is C15H28BrNO. The number of alkyl halides is 1. The highest BCUT2D eigenvalue weighted by Gasteiger charge is 2.20. The molecule has 1 unspecified atom stereocenters. The molecule has 2 nitrogen and oxygen atoms in total. The van der Waals surface area contributed by atoms with Crippen molar-refractivity contribution in [1.29, 1.82) is 0 Å². The first-order valence-corrected chi connectivity index (χ1v) is 8.73. The van der Waals surface area contributed by atoms with Crippen LogP contribution in [0, 0.1) is 11.8 Å². The Balaban J connectivity index is 2.28. The second kappa shape index (κ2) is 9.82. The van der Waals surface area contributed by atoms with Crippen LogP contribution in [-0.4, -0.2) is 17.8 Å². The summed E-state index contributed by atoms with van der Waals surface area (Å²) in [6.07, 6.45) is 10.9. The van der Waals surface area contributed by atoms with Crippen LogP contribution in [0.5, 0.6) is 0 Å². The third kappa shape index (κ3) is 6.21. The molecule has 1 N–H and O–H groups in total. The summed E-state index contributed by atoms with van der Waals surface area (Å²) < 4.78 is 0. The molecule has 0 heterocycles. The SMILES string of the molecule is CCCC(CCBr)CNC(=O)C1CCCCCC1. The molecule has 1 fully saturated rings. The molecule has 1 atom stereocenters. The molecule has 0 saturated heterocycles. The summed E-state index contributed by atoms with van der Waals surface area (Å²) in [5.74, 6) is 1.25. The van der Waals surface area contributed by atoms with Crippen molar-refractivity contribution >= 4 is 21.8 Å². The van der Waals surface area contributed by atoms with Crippen LogP contribution in [0.15, 0.2) is 0 Å². The minimum atomic E-state index is 0.291. The number of nitrogens with one attached hydrogen (secondary N) is 1. The zero-order valence-corrected chi connectivity index (χ0v) is 13.3. The van der Waals surface area contributed by atoms with Gasteiger partial charge in [0, 0.05) is 17.8 Å². The van der Waals surface area contributed by atoms with Crippen molar-refractivity contribution in [2.75, 3.05) is 11.9 Å². The normalized spacial score (nSPS) is 19.2. The molecule has 1 saturated carbocycles. The maximum atomic E-state index is 12.1. The topological polar surface area (TPSA) is 29.1 Å². The molecule has 0 aromatic heterocycles. The predicted molar refractivity (Wildman–Crippen MR) is 81.0 cm³/mol. The first-order chi connectivity index (χ1) is 8.77. The van der Waals surface area contributed by atoms with Gasteiger partial charge in [-0.3, -0.25) is 4.79 Å². The molecular weight excluding hydrogens is 290 g/mol. The Morgan fingerprint density at radius 2 is 1.89 bits per heavy atom. The van der Waals surface area contributed by atoms with Crippen LogP contribution in [0.1, 0.15) is 64.7 Å². The van der Waals surface area contributed by atoms with Gasteiger partial charge in [0.2, 0.25) is 5.91 Å². The molecule has 0 spiro atoms. The molecule has 0 aromatic carbocycles. The van der Waals surface area contributed by atoms with Crippen molar-refractivity contribution in [2.45, 2.75) is 64.7 Å². The van der Waals surface area contributed by atoms with E-state index < -0.39 is 0 Å². The molecule has 0 aromatic rings. The maximum Gasteiger partial charge on any atom is 0.223 e. The summed E-state index contributed by atoms with van der Waals surface area (Å²) in [4.78, 5) is 12.1. The minimum absolute atomic E-state index is 0.291. The van der Waals surface area contributed by atoms with Crippen molar-refractivity contribution in [3.63, 3.8) is 0 Å². The van der Waals surface area contributed by atoms with E-state index in [1.807, 2.05) is 0 Å². The van der Waals surface area contributed by atoms with E-state index in [1.54, 1.807) is 0 Å². The van der Waals surface area contributed by atoms with E-state index in [0.29, 0.717) is 17.7 Å². The van der Waals surface area contributed by atoms with E-state index in [2.05, 4.69) is 28.2 Å². The summed E-state index contributed by atoms with van der Waals surface area (Å²) in [6, 6.07) is 0. The Morgan fingerprint density at radius 3 is 2.44 bits per heavy atom. The molecule has 1 aliphatic carbocycles. The standard InChI is InChI=1S/C15H28BrNO/c1-2-7-13(10-11-16)12-17-15(18)14-8-5-3-4-6-9-14/h13-14H,2-12H2,1H3,(H,17,18). The van der Waals surface area contributed by atoms with Crippen LogP contribution >= 0.6 is 15.9 Å². The van der Waals surface area contributed by atoms with Gasteiger partial charge in [-0.2, -0.15) is 0 Å². The molecule has 0 radical (unpaired) electrons. The minimum Gasteiger partial charge on any atom is -0.356 e. The second-order valence-electron chi connectivity index (χ2n) is 5.57. The van der Waals surface area contributed by atoms with E-state index in [4.69, 9.17) is 0 Å². The van der Waals surface area contributed by atoms with Gasteiger partial charge in [-0.15, -0.1) is 0 Å². The van der Waals surface area contributed by atoms with E-state index in [1.165, 1.54) is 44.9 Å². The number of carbonyl (C=O) groups excluding carboxylic acids is 1. The van der Waals surface area contributed by atoms with Gasteiger partial charge in [0.15, 0.2) is 0 Å². The smallest absolute Gasteiger partial charge is 0.223 e. The molecule has 0 bridgehead atoms. The Bertz CT molecular complexity index is 219. The van der Waals surface area contributed by atoms with E-state index in [0.717, 1.165) is 24.7 Å². The maximum absolute atomic E-state index is 12.1. The molecule has 0 aliphatic heterocycles. The van der Waals surface area contributed by atoms with Gasteiger partial charge < -0.3 is 5.32 Å². The number of carbonyl (C=O) groups is 1. The lowest BCUT2D eigenvalue weighted by atomic mass is 9.97. The zero-order chi connectivity index (χ0) is 13.2. The molecule has 1 aliphatic rings. The predicted octanol–water partition coefficient (Wildman–Crippen LogP) is 4.27. The number of hydrogen-bond donors (Lipinski definition) is 1. The Hall–Kier alpha value is -0.0500. The molecule has 1 amide bonds. The largest absolute Gasteiger partial charge is 0.356 e. The van der Waals surface area contributed by atoms with E-state index in [9.17, 15) is 4.79 Å². The first kappa shape index (κ1) is 16.0. The Labute approximate surface area is 120 Å². The third-order valence-electron chi connectivity index (χ3n) is 4.01. The van der Waals surface area contributed by atoms with Gasteiger partial charge in [0.25, 0.3) is 0 Å². The van der Waals surface area contributed by atoms with Crippen molar-refractivity contribution in [3.8, 4) is 0 Å². The van der Waals surface area contributed by atoms with Gasteiger partial charge >= 0.3 is 0 Å². The van der Waals surface area contributed by atoms with Crippen LogP contribution in [0.2, 0.25) is 0 Å². The number of rotatable bonds is 7. The van der Waals surface area contributed by atoms with Gasteiger partial charge in [-0.1, -0.05) is 55.0 Å². The van der Waals surface area contributed by atoms with Gasteiger partial charge in [0.1, 0.15) is 0 Å². The summed E-state index contributed by atoms with van der Waals surface area (Å²) in [6.45, 7) is 3.09. The van der Waals surface area contributed by atoms with Crippen LogP contribution < -0.4 is 5.32 Å². The first-order valence-electron chi connectivity index (χ1n) is 7.61. The fourth-order valence-electron chi connectivity index (χ4n) is 2.84. The van der Waals surface area contributed by atoms with Crippen molar-refractivity contribution < 1.29 is 4.79 Å². The average Bonchev–Trinajstić information content (AvgIpc) is 2.65. The van der Waals surface area contributed by atoms with Crippen molar-refractivity contribution in [2.24, 2.45) is 11.8 Å². The van der Waals surface area contributed by atoms with Crippen LogP contribution in [0.25, 0.3) is 0 Å².